The summed E-state index contributed by atoms with van der Waals surface area (Å²) in [6.45, 7) is 5.35. The highest BCUT2D eigenvalue weighted by Gasteiger charge is 2.24. The molecule has 2 atom stereocenters. The summed E-state index contributed by atoms with van der Waals surface area (Å²) in [6, 6.07) is -0.755. The zero-order valence-corrected chi connectivity index (χ0v) is 12.3. The number of hydrogen-bond acceptors (Lipinski definition) is 5. The Labute approximate surface area is 119 Å². The summed E-state index contributed by atoms with van der Waals surface area (Å²) in [5, 5.41) is 12.2. The molecule has 116 valence electrons. The van der Waals surface area contributed by atoms with Gasteiger partial charge in [-0.15, -0.1) is 0 Å². The van der Waals surface area contributed by atoms with Crippen LogP contribution in [0.25, 0.3) is 0 Å². The minimum absolute atomic E-state index is 0.0924. The molecule has 0 heterocycles. The zero-order chi connectivity index (χ0) is 15.5. The molecule has 0 saturated heterocycles. The molecule has 0 unspecified atom stereocenters. The van der Waals surface area contributed by atoms with Crippen LogP contribution in [0.4, 0.5) is 0 Å². The van der Waals surface area contributed by atoms with Gasteiger partial charge in [-0.05, 0) is 20.3 Å². The summed E-state index contributed by atoms with van der Waals surface area (Å²) in [5.74, 6) is -1.44. The van der Waals surface area contributed by atoms with Gasteiger partial charge in [0.05, 0.1) is 19.1 Å². The average Bonchev–Trinajstić information content (AvgIpc) is 2.42. The van der Waals surface area contributed by atoms with Crippen molar-refractivity contribution in [3.05, 3.63) is 0 Å². The second-order valence-electron chi connectivity index (χ2n) is 4.55. The van der Waals surface area contributed by atoms with Crippen LogP contribution in [-0.2, 0) is 19.1 Å². The molecule has 0 spiro atoms. The molecule has 0 aromatic carbocycles. The van der Waals surface area contributed by atoms with Crippen molar-refractivity contribution in [1.29, 1.82) is 0 Å². The van der Waals surface area contributed by atoms with E-state index in [1.165, 1.54) is 6.92 Å². The van der Waals surface area contributed by atoms with E-state index in [2.05, 4.69) is 5.32 Å². The highest BCUT2D eigenvalue weighted by Crippen LogP contribution is 2.10. The van der Waals surface area contributed by atoms with Crippen molar-refractivity contribution in [3.63, 3.8) is 0 Å². The monoisotopic (exact) mass is 288 g/mol. The van der Waals surface area contributed by atoms with Crippen molar-refractivity contribution in [2.24, 2.45) is 5.92 Å². The Morgan fingerprint density at radius 1 is 1.40 bits per heavy atom. The molecule has 0 fully saturated rings. The minimum atomic E-state index is -0.755. The lowest BCUT2D eigenvalue weighted by molar-refractivity contribution is -0.156. The number of unbranched alkanes of at least 4 members (excludes halogenated alkanes) is 1. The van der Waals surface area contributed by atoms with E-state index in [1.807, 2.05) is 6.92 Å². The van der Waals surface area contributed by atoms with Crippen LogP contribution < -0.4 is 5.32 Å². The number of carbonyl (C=O) groups excluding carboxylic acids is 3. The Hall–Kier alpha value is -1.63. The van der Waals surface area contributed by atoms with E-state index in [-0.39, 0.29) is 25.5 Å². The first-order valence-corrected chi connectivity index (χ1v) is 6.84. The fourth-order valence-corrected chi connectivity index (χ4v) is 1.68. The Bertz CT molecular complexity index is 322. The maximum Gasteiger partial charge on any atom is 0.328 e. The molecule has 7 nitrogen and oxygen atoms in total. The van der Waals surface area contributed by atoms with Gasteiger partial charge >= 0.3 is 5.97 Å². The van der Waals surface area contributed by atoms with Crippen molar-refractivity contribution in [2.45, 2.75) is 46.1 Å². The summed E-state index contributed by atoms with van der Waals surface area (Å²) >= 11 is 0. The molecule has 0 saturated carbocycles. The predicted octanol–water partition coefficient (Wildman–Crippen LogP) is 0.708. The Morgan fingerprint density at radius 3 is 2.55 bits per heavy atom. The molecule has 0 aromatic heterocycles. The van der Waals surface area contributed by atoms with Gasteiger partial charge in [0, 0.05) is 0 Å². The molecule has 2 N–H and O–H groups in total. The van der Waals surface area contributed by atoms with Crippen LogP contribution in [0.15, 0.2) is 0 Å². The lowest BCUT2D eigenvalue weighted by Gasteiger charge is -2.21. The van der Waals surface area contributed by atoms with Gasteiger partial charge < -0.3 is 10.1 Å². The first-order valence-electron chi connectivity index (χ1n) is 6.84. The molecule has 0 aromatic rings. The van der Waals surface area contributed by atoms with Gasteiger partial charge in [0.2, 0.25) is 12.3 Å². The molecule has 7 heteroatoms. The van der Waals surface area contributed by atoms with E-state index >= 15 is 0 Å². The standard InChI is InChI=1S/C13H24N2O5/c1-4-6-7-11(8-15(19)9-16)12(17)14-10(3)13(18)20-5-2/h9-11,19H,4-8H2,1-3H3,(H,14,17)/t10-,11+/m0/s1. The molecule has 0 aliphatic carbocycles. The first kappa shape index (κ1) is 18.4. The molecular weight excluding hydrogens is 264 g/mol. The van der Waals surface area contributed by atoms with E-state index in [4.69, 9.17) is 4.74 Å². The van der Waals surface area contributed by atoms with Crippen molar-refractivity contribution < 1.29 is 24.3 Å². The highest BCUT2D eigenvalue weighted by atomic mass is 16.5. The van der Waals surface area contributed by atoms with Gasteiger partial charge in [-0.3, -0.25) is 14.8 Å². The summed E-state index contributed by atoms with van der Waals surface area (Å²) in [4.78, 5) is 33.9. The van der Waals surface area contributed by atoms with Crippen LogP contribution in [0.2, 0.25) is 0 Å². The number of amides is 2. The van der Waals surface area contributed by atoms with E-state index in [0.29, 0.717) is 11.5 Å². The molecule has 0 aliphatic rings. The molecule has 2 amide bonds. The quantitative estimate of drug-likeness (QED) is 0.267. The van der Waals surface area contributed by atoms with E-state index in [0.717, 1.165) is 12.8 Å². The summed E-state index contributed by atoms with van der Waals surface area (Å²) in [7, 11) is 0. The maximum atomic E-state index is 12.0. The Morgan fingerprint density at radius 2 is 2.05 bits per heavy atom. The lowest BCUT2D eigenvalue weighted by atomic mass is 10.0. The van der Waals surface area contributed by atoms with E-state index in [1.54, 1.807) is 6.92 Å². The number of hydrogen-bond donors (Lipinski definition) is 2. The third-order valence-corrected chi connectivity index (χ3v) is 2.80. The summed E-state index contributed by atoms with van der Waals surface area (Å²) in [5.41, 5.74) is 0. The van der Waals surface area contributed by atoms with Crippen molar-refractivity contribution in [2.75, 3.05) is 13.2 Å². The van der Waals surface area contributed by atoms with Gasteiger partial charge in [-0.2, -0.15) is 0 Å². The molecule has 0 rings (SSSR count). The minimum Gasteiger partial charge on any atom is -0.464 e. The molecule has 0 bridgehead atoms. The number of rotatable bonds is 10. The third-order valence-electron chi connectivity index (χ3n) is 2.80. The van der Waals surface area contributed by atoms with Gasteiger partial charge in [0.25, 0.3) is 0 Å². The summed E-state index contributed by atoms with van der Waals surface area (Å²) in [6.07, 6.45) is 2.46. The second kappa shape index (κ2) is 10.2. The summed E-state index contributed by atoms with van der Waals surface area (Å²) < 4.78 is 4.80. The number of nitrogens with zero attached hydrogens (tertiary/aromatic N) is 1. The van der Waals surface area contributed by atoms with Crippen molar-refractivity contribution >= 4 is 18.3 Å². The highest BCUT2D eigenvalue weighted by molar-refractivity contribution is 5.85. The molecular formula is C13H24N2O5. The molecule has 0 radical (unpaired) electrons. The second-order valence-corrected chi connectivity index (χ2v) is 4.55. The third kappa shape index (κ3) is 7.08. The van der Waals surface area contributed by atoms with E-state index in [9.17, 15) is 19.6 Å². The number of ether oxygens (including phenoxy) is 1. The SMILES string of the molecule is CCCC[C@H](CN(O)C=O)C(=O)N[C@@H](C)C(=O)OCC. The van der Waals surface area contributed by atoms with Crippen molar-refractivity contribution in [3.8, 4) is 0 Å². The number of nitrogens with one attached hydrogen (secondary N) is 1. The number of carbonyl (C=O) groups is 3. The average molecular weight is 288 g/mol. The van der Waals surface area contributed by atoms with Crippen LogP contribution in [0.3, 0.4) is 0 Å². The van der Waals surface area contributed by atoms with Crippen LogP contribution in [0.1, 0.15) is 40.0 Å². The molecule has 0 aliphatic heterocycles. The fourth-order valence-electron chi connectivity index (χ4n) is 1.68. The van der Waals surface area contributed by atoms with Gasteiger partial charge in [-0.25, -0.2) is 9.86 Å². The Balaban J connectivity index is 4.52. The predicted molar refractivity (Wildman–Crippen MR) is 71.8 cm³/mol. The smallest absolute Gasteiger partial charge is 0.328 e. The van der Waals surface area contributed by atoms with Gasteiger partial charge in [-0.1, -0.05) is 19.8 Å². The lowest BCUT2D eigenvalue weighted by Crippen LogP contribution is -2.45. The zero-order valence-electron chi connectivity index (χ0n) is 12.3. The van der Waals surface area contributed by atoms with Crippen LogP contribution in [-0.4, -0.2) is 47.8 Å². The molecule has 20 heavy (non-hydrogen) atoms. The topological polar surface area (TPSA) is 95.9 Å². The van der Waals surface area contributed by atoms with Crippen LogP contribution >= 0.6 is 0 Å². The Kier molecular flexibility index (Phi) is 9.36. The first-order chi connectivity index (χ1) is 9.46. The van der Waals surface area contributed by atoms with Crippen LogP contribution in [0, 0.1) is 5.92 Å². The van der Waals surface area contributed by atoms with Crippen LogP contribution in [0.5, 0.6) is 0 Å². The van der Waals surface area contributed by atoms with Gasteiger partial charge in [0.1, 0.15) is 6.04 Å². The van der Waals surface area contributed by atoms with Crippen molar-refractivity contribution in [1.82, 2.24) is 10.4 Å². The fraction of sp³-hybridized carbons (Fsp3) is 0.769. The van der Waals surface area contributed by atoms with Gasteiger partial charge in [0.15, 0.2) is 0 Å². The number of esters is 1. The number of hydroxylamine groups is 2. The largest absolute Gasteiger partial charge is 0.464 e. The maximum absolute atomic E-state index is 12.0. The van der Waals surface area contributed by atoms with E-state index < -0.39 is 17.9 Å². The normalized spacial score (nSPS) is 13.2.